The summed E-state index contributed by atoms with van der Waals surface area (Å²) in [6.07, 6.45) is 3.72. The Hall–Kier alpha value is -3.01. The predicted molar refractivity (Wildman–Crippen MR) is 115 cm³/mol. The predicted octanol–water partition coefficient (Wildman–Crippen LogP) is 3.72. The minimum absolute atomic E-state index is 0.00787. The molecule has 0 unspecified atom stereocenters. The van der Waals surface area contributed by atoms with E-state index in [-0.39, 0.29) is 12.5 Å². The Bertz CT molecular complexity index is 897. The first-order chi connectivity index (χ1) is 15.9. The van der Waals surface area contributed by atoms with Crippen molar-refractivity contribution in [3.8, 4) is 0 Å². The molecule has 7 nitrogen and oxygen atoms in total. The Balaban J connectivity index is 1.32. The number of hydrogen-bond acceptors (Lipinski definition) is 6. The van der Waals surface area contributed by atoms with Crippen LogP contribution in [0.15, 0.2) is 41.8 Å². The number of amides is 1. The normalized spacial score (nSPS) is 15.0. The van der Waals surface area contributed by atoms with Crippen molar-refractivity contribution in [2.24, 2.45) is 11.1 Å². The van der Waals surface area contributed by atoms with E-state index in [0.29, 0.717) is 43.1 Å². The van der Waals surface area contributed by atoms with Gasteiger partial charge in [0.15, 0.2) is 0 Å². The van der Waals surface area contributed by atoms with Gasteiger partial charge in [-0.25, -0.2) is 9.97 Å². The maximum absolute atomic E-state index is 12.5. The zero-order valence-corrected chi connectivity index (χ0v) is 18.2. The zero-order chi connectivity index (χ0) is 23.5. The number of carbonyl (C=O) groups excluding carboxylic acids is 1. The molecule has 1 amide bonds. The fourth-order valence-electron chi connectivity index (χ4n) is 3.24. The molecule has 1 aliphatic rings. The van der Waals surface area contributed by atoms with Crippen molar-refractivity contribution < 1.29 is 27.5 Å². The van der Waals surface area contributed by atoms with Crippen LogP contribution in [0.4, 0.5) is 13.2 Å². The summed E-state index contributed by atoms with van der Waals surface area (Å²) < 4.78 is 43.0. The van der Waals surface area contributed by atoms with Gasteiger partial charge in [-0.2, -0.15) is 13.2 Å². The highest BCUT2D eigenvalue weighted by molar-refractivity contribution is 5.76. The molecule has 0 radical (unpaired) electrons. The molecule has 3 rings (SSSR count). The number of aryl methyl sites for hydroxylation is 1. The van der Waals surface area contributed by atoms with E-state index in [0.717, 1.165) is 43.8 Å². The highest BCUT2D eigenvalue weighted by atomic mass is 19.4. The monoisotopic (exact) mass is 464 g/mol. The largest absolute Gasteiger partial charge is 0.416 e. The number of carbonyl (C=O) groups is 1. The third-order valence-electron chi connectivity index (χ3n) is 5.25. The smallest absolute Gasteiger partial charge is 0.391 e. The third-order valence-corrected chi connectivity index (χ3v) is 5.25. The van der Waals surface area contributed by atoms with Gasteiger partial charge in [0.2, 0.25) is 5.91 Å². The van der Waals surface area contributed by atoms with Gasteiger partial charge in [-0.15, -0.1) is 0 Å². The Kier molecular flexibility index (Phi) is 9.17. The minimum Gasteiger partial charge on any atom is -0.391 e. The molecule has 10 heteroatoms. The van der Waals surface area contributed by atoms with Gasteiger partial charge in [-0.1, -0.05) is 17.3 Å². The molecule has 2 aromatic rings. The second kappa shape index (κ2) is 12.3. The van der Waals surface area contributed by atoms with Crippen molar-refractivity contribution in [3.05, 3.63) is 59.2 Å². The Morgan fingerprint density at radius 3 is 2.52 bits per heavy atom. The number of nitrogens with one attached hydrogen (secondary N) is 1. The molecule has 0 saturated carbocycles. The van der Waals surface area contributed by atoms with Crippen molar-refractivity contribution in [2.45, 2.75) is 44.9 Å². The lowest BCUT2D eigenvalue weighted by Gasteiger charge is -2.22. The molecule has 2 heterocycles. The Morgan fingerprint density at radius 2 is 1.85 bits per heavy atom. The number of nitrogens with zero attached hydrogens (tertiary/aromatic N) is 3. The topological polar surface area (TPSA) is 85.7 Å². The molecule has 0 spiro atoms. The average molecular weight is 464 g/mol. The van der Waals surface area contributed by atoms with Gasteiger partial charge in [-0.05, 0) is 42.0 Å². The molecule has 33 heavy (non-hydrogen) atoms. The van der Waals surface area contributed by atoms with E-state index in [9.17, 15) is 18.0 Å². The lowest BCUT2D eigenvalue weighted by atomic mass is 10.0. The number of alkyl halides is 3. The number of hydrogen-bond donors (Lipinski definition) is 1. The Labute approximate surface area is 190 Å². The first-order valence-electron chi connectivity index (χ1n) is 10.8. The number of oxime groups is 1. The zero-order valence-electron chi connectivity index (χ0n) is 18.2. The van der Waals surface area contributed by atoms with E-state index in [2.05, 4.69) is 20.4 Å². The van der Waals surface area contributed by atoms with Crippen molar-refractivity contribution in [2.75, 3.05) is 19.8 Å². The maximum Gasteiger partial charge on any atom is 0.416 e. The lowest BCUT2D eigenvalue weighted by molar-refractivity contribution is -0.137. The van der Waals surface area contributed by atoms with Gasteiger partial charge < -0.3 is 14.9 Å². The fourth-order valence-corrected chi connectivity index (χ4v) is 3.24. The van der Waals surface area contributed by atoms with Gasteiger partial charge in [-0.3, -0.25) is 4.79 Å². The molecular weight excluding hydrogens is 437 g/mol. The number of rotatable bonds is 10. The summed E-state index contributed by atoms with van der Waals surface area (Å²) in [6, 6.07) is 4.74. The van der Waals surface area contributed by atoms with Crippen LogP contribution in [-0.2, 0) is 40.0 Å². The summed E-state index contributed by atoms with van der Waals surface area (Å²) in [6.45, 7) is 2.27. The van der Waals surface area contributed by atoms with Crippen molar-refractivity contribution in [1.29, 1.82) is 0 Å². The summed E-state index contributed by atoms with van der Waals surface area (Å²) in [5.74, 6) is 1.07. The number of benzene rings is 1. The standard InChI is InChI=1S/C23H27F3N4O3/c24-23(25,26)20-3-1-18(2-4-20)16-33-30-10-7-19-14-27-21(28-15-19)5-6-22(31)29-13-17-8-11-32-12-9-17/h1-4,10,14-15,17H,5-9,11-13,16H2,(H,29,31). The molecule has 1 aliphatic heterocycles. The van der Waals surface area contributed by atoms with Crippen LogP contribution in [0.3, 0.4) is 0 Å². The van der Waals surface area contributed by atoms with Gasteiger partial charge in [0, 0.05) is 57.6 Å². The Morgan fingerprint density at radius 1 is 1.15 bits per heavy atom. The van der Waals surface area contributed by atoms with E-state index in [1.165, 1.54) is 18.3 Å². The van der Waals surface area contributed by atoms with E-state index in [4.69, 9.17) is 9.57 Å². The summed E-state index contributed by atoms with van der Waals surface area (Å²) >= 11 is 0. The highest BCUT2D eigenvalue weighted by Gasteiger charge is 2.29. The van der Waals surface area contributed by atoms with Gasteiger partial charge in [0.25, 0.3) is 0 Å². The quantitative estimate of drug-likeness (QED) is 0.428. The molecule has 1 aromatic heterocycles. The number of halogens is 3. The summed E-state index contributed by atoms with van der Waals surface area (Å²) in [5.41, 5.74) is 0.711. The van der Waals surface area contributed by atoms with E-state index in [1.807, 2.05) is 0 Å². The summed E-state index contributed by atoms with van der Waals surface area (Å²) in [4.78, 5) is 25.7. The van der Waals surface area contributed by atoms with Crippen LogP contribution in [0.25, 0.3) is 0 Å². The van der Waals surface area contributed by atoms with Crippen LogP contribution in [0.1, 0.15) is 41.8 Å². The van der Waals surface area contributed by atoms with Crippen LogP contribution in [0.5, 0.6) is 0 Å². The third kappa shape index (κ3) is 8.80. The highest BCUT2D eigenvalue weighted by Crippen LogP contribution is 2.29. The molecule has 1 aromatic carbocycles. The van der Waals surface area contributed by atoms with Crippen LogP contribution in [0.2, 0.25) is 0 Å². The minimum atomic E-state index is -4.35. The van der Waals surface area contributed by atoms with E-state index >= 15 is 0 Å². The molecule has 0 atom stereocenters. The molecule has 1 N–H and O–H groups in total. The van der Waals surface area contributed by atoms with Crippen LogP contribution < -0.4 is 5.32 Å². The second-order valence-corrected chi connectivity index (χ2v) is 7.83. The molecular formula is C23H27F3N4O3. The molecule has 0 bridgehead atoms. The number of ether oxygens (including phenoxy) is 1. The van der Waals surface area contributed by atoms with Gasteiger partial charge in [0.05, 0.1) is 5.56 Å². The summed E-state index contributed by atoms with van der Waals surface area (Å²) in [5, 5.41) is 6.77. The average Bonchev–Trinajstić information content (AvgIpc) is 2.82. The molecule has 1 fully saturated rings. The molecule has 0 aliphatic carbocycles. The van der Waals surface area contributed by atoms with Crippen molar-refractivity contribution >= 4 is 12.1 Å². The van der Waals surface area contributed by atoms with Crippen molar-refractivity contribution in [1.82, 2.24) is 15.3 Å². The second-order valence-electron chi connectivity index (χ2n) is 7.83. The molecule has 178 valence electrons. The fraction of sp³-hybridized carbons (Fsp3) is 0.478. The maximum atomic E-state index is 12.5. The first kappa shape index (κ1) is 24.6. The van der Waals surface area contributed by atoms with Crippen LogP contribution >= 0.6 is 0 Å². The number of aromatic nitrogens is 2. The van der Waals surface area contributed by atoms with E-state index < -0.39 is 11.7 Å². The van der Waals surface area contributed by atoms with Crippen LogP contribution in [-0.4, -0.2) is 41.8 Å². The van der Waals surface area contributed by atoms with E-state index in [1.54, 1.807) is 12.4 Å². The molecule has 1 saturated heterocycles. The first-order valence-corrected chi connectivity index (χ1v) is 10.8. The lowest BCUT2D eigenvalue weighted by Crippen LogP contribution is -2.32. The van der Waals surface area contributed by atoms with Crippen molar-refractivity contribution in [3.63, 3.8) is 0 Å². The summed E-state index contributed by atoms with van der Waals surface area (Å²) in [7, 11) is 0. The SMILES string of the molecule is O=C(CCc1ncc(CC=NOCc2ccc(C(F)(F)F)cc2)cn1)NCC1CCOCC1. The van der Waals surface area contributed by atoms with Gasteiger partial charge in [0.1, 0.15) is 12.4 Å². The van der Waals surface area contributed by atoms with Crippen LogP contribution in [0, 0.1) is 5.92 Å². The van der Waals surface area contributed by atoms with Gasteiger partial charge >= 0.3 is 6.18 Å².